The zero-order valence-corrected chi connectivity index (χ0v) is 88.1. The van der Waals surface area contributed by atoms with Crippen LogP contribution in [0.25, 0.3) is 0 Å². The summed E-state index contributed by atoms with van der Waals surface area (Å²) < 4.78 is 1.81. The first kappa shape index (κ1) is 110. The SMILES string of the molecule is C[C@@H]1CCN(c2ccc3c(c2)CN(C2CCC(=O)NC2=O)C3=O)C1.C[C@@H]1CCNC1.C[C@H]1CCN(c2ccc3c(c2)CN(C2CCC(=O)NC2=O)C3=O)C1.C[C@H]1CCNC1.Cl.Cl.N[C@@H]1CCN(c2ccc3c(c2)CN(C2CCC(=O)NC2=O)C3=O)C1.N[C@H]1CCN(c2ccc3c(c2)CN(C2CCC(=O)NC2=O)C3=O)C1.O=C1CCC(N2Cc3cc(Br)ccc3C2=O)C(=O)N1.O=C1CCC(N2Cc3cc(Br)ccc3C2=O)C(=O)N1. The summed E-state index contributed by atoms with van der Waals surface area (Å²) in [7, 11) is 0. The second-order valence-electron chi connectivity index (χ2n) is 41.2. The minimum Gasteiger partial charge on any atom is -0.371 e. The molecule has 0 radical (unpaired) electrons. The van der Waals surface area contributed by atoms with Gasteiger partial charge in [-0.1, -0.05) is 59.6 Å². The van der Waals surface area contributed by atoms with Crippen molar-refractivity contribution in [2.75, 3.05) is 98.1 Å². The van der Waals surface area contributed by atoms with Crippen molar-refractivity contribution in [2.24, 2.45) is 35.1 Å². The van der Waals surface area contributed by atoms with E-state index < -0.39 is 36.3 Å². The van der Waals surface area contributed by atoms with Crippen LogP contribution >= 0.6 is 56.7 Å². The quantitative estimate of drug-likeness (QED) is 0.0614. The standard InChI is InChI=1S/2C18H21N3O3.2C17H20N4O3.2C13H11BrN2O3.2C5H11N.2ClH/c2*1-11-6-7-20(9-11)13-2-3-14-12(8-13)10-21(18(14)24)15-4-5-16(22)19-17(15)23;2*18-11-5-6-20(9-11)12-1-2-13-10(7-12)8-21(17(13)24)14-3-4-15(22)19-16(14)23;2*14-8-1-2-9-7(5-8)6-16(13(9)19)10-3-4-11(17)15-12(10)18;2*1-5-2-3-6-4-5;;/h2*2-3,8,11,15H,4-7,9-10H2,1H3,(H,19,22,23);2*1-2,7,11,14H,3-6,8-9,18H2,(H,19,22,23);2*1-2,5,10H,3-4,6H2,(H,15,17,18);2*5-6H,2-4H2,1H3;2*1H/t2*11-,15?;2*11-,14?;;;2*5-;;/m1010..10../s1. The number of nitrogens with two attached hydrogens (primary N) is 2. The van der Waals surface area contributed by atoms with E-state index in [4.69, 9.17) is 11.5 Å². The molecule has 6 aromatic rings. The summed E-state index contributed by atoms with van der Waals surface area (Å²) >= 11 is 6.73. The first-order valence-corrected chi connectivity index (χ1v) is 52.5. The number of amides is 18. The summed E-state index contributed by atoms with van der Waals surface area (Å²) in [6.07, 6.45) is 11.1. The smallest absolute Gasteiger partial charge is 0.255 e. The number of fused-ring (bicyclic) bond motifs is 6. The molecule has 6 aromatic carbocycles. The fraction of sp³-hybridized carbons (Fsp3) is 0.491. The molecule has 0 bridgehead atoms. The Kier molecular flexibility index (Phi) is 35.6. The van der Waals surface area contributed by atoms with Gasteiger partial charge in [-0.25, -0.2) is 0 Å². The molecule has 24 rings (SSSR count). The number of anilines is 4. The van der Waals surface area contributed by atoms with Crippen LogP contribution in [0.15, 0.2) is 118 Å². The zero-order chi connectivity index (χ0) is 103. The summed E-state index contributed by atoms with van der Waals surface area (Å²) in [6.45, 7) is 24.2. The number of carbonyl (C=O) groups is 18. The Morgan fingerprint density at radius 3 is 0.642 bits per heavy atom. The Hall–Kier alpha value is -12.4. The zero-order valence-electron chi connectivity index (χ0n) is 83.3. The van der Waals surface area contributed by atoms with Crippen molar-refractivity contribution in [3.8, 4) is 0 Å². The first-order chi connectivity index (χ1) is 70.0. The highest BCUT2D eigenvalue weighted by Crippen LogP contribution is 2.40. The normalized spacial score (nSPS) is 25.9. The third-order valence-corrected chi connectivity index (χ3v) is 31.4. The molecule has 12 N–H and O–H groups in total. The number of hydrogen-bond donors (Lipinski definition) is 10. The molecule has 38 nitrogen and oxygen atoms in total. The summed E-state index contributed by atoms with van der Waals surface area (Å²) in [5.41, 5.74) is 25.9. The lowest BCUT2D eigenvalue weighted by atomic mass is 10.0. The third kappa shape index (κ3) is 25.1. The Morgan fingerprint density at radius 2 is 0.466 bits per heavy atom. The maximum absolute atomic E-state index is 12.7. The van der Waals surface area contributed by atoms with Crippen molar-refractivity contribution in [3.05, 3.63) is 185 Å². The van der Waals surface area contributed by atoms with E-state index in [0.717, 1.165) is 142 Å². The highest BCUT2D eigenvalue weighted by Gasteiger charge is 2.47. The summed E-state index contributed by atoms with van der Waals surface area (Å²) in [5, 5.41) is 20.4. The lowest BCUT2D eigenvalue weighted by Gasteiger charge is -2.29. The van der Waals surface area contributed by atoms with E-state index >= 15 is 0 Å². The molecular weight excluding hydrogens is 2070 g/mol. The second kappa shape index (κ2) is 48.0. The van der Waals surface area contributed by atoms with Gasteiger partial charge in [-0.3, -0.25) is 118 Å². The summed E-state index contributed by atoms with van der Waals surface area (Å²) in [4.78, 5) is 233. The van der Waals surface area contributed by atoms with Crippen molar-refractivity contribution in [1.82, 2.24) is 71.9 Å². The van der Waals surface area contributed by atoms with Crippen LogP contribution < -0.4 is 73.6 Å². The monoisotopic (exact) mass is 2200 g/mol. The molecule has 18 amide bonds. The molecule has 6 unspecified atom stereocenters. The highest BCUT2D eigenvalue weighted by atomic mass is 79.9. The molecule has 788 valence electrons. The maximum Gasteiger partial charge on any atom is 0.255 e. The molecule has 42 heteroatoms. The molecule has 0 aliphatic carbocycles. The van der Waals surface area contributed by atoms with Gasteiger partial charge < -0.3 is 71.1 Å². The second-order valence-corrected chi connectivity index (χ2v) is 43.1. The highest BCUT2D eigenvalue weighted by molar-refractivity contribution is 9.10. The molecule has 12 fully saturated rings. The van der Waals surface area contributed by atoms with Crippen LogP contribution in [0.1, 0.15) is 239 Å². The van der Waals surface area contributed by atoms with Crippen LogP contribution in [0.4, 0.5) is 22.7 Å². The van der Waals surface area contributed by atoms with E-state index in [-0.39, 0.29) is 182 Å². The van der Waals surface area contributed by atoms with Gasteiger partial charge in [-0.2, -0.15) is 0 Å². The molecule has 0 saturated carbocycles. The molecule has 18 aliphatic rings. The molecule has 0 spiro atoms. The van der Waals surface area contributed by atoms with Crippen molar-refractivity contribution >= 4 is 186 Å². The average molecular weight is 2200 g/mol. The van der Waals surface area contributed by atoms with Crippen molar-refractivity contribution < 1.29 is 86.3 Å². The molecular formula is C106H128Br2Cl2N20O18. The third-order valence-electron chi connectivity index (χ3n) is 30.4. The van der Waals surface area contributed by atoms with Crippen LogP contribution in [-0.4, -0.2) is 263 Å². The molecule has 18 heterocycles. The van der Waals surface area contributed by atoms with E-state index in [1.807, 2.05) is 84.9 Å². The van der Waals surface area contributed by atoms with Crippen LogP contribution in [0, 0.1) is 23.7 Å². The van der Waals surface area contributed by atoms with Gasteiger partial charge >= 0.3 is 0 Å². The van der Waals surface area contributed by atoms with Crippen LogP contribution in [-0.2, 0) is 96.8 Å². The average Bonchev–Trinajstić information content (AvgIpc) is 1.62. The van der Waals surface area contributed by atoms with E-state index in [1.54, 1.807) is 41.5 Å². The van der Waals surface area contributed by atoms with Crippen LogP contribution in [0.5, 0.6) is 0 Å². The first-order valence-electron chi connectivity index (χ1n) is 50.9. The molecule has 12 saturated heterocycles. The number of halogens is 4. The van der Waals surface area contributed by atoms with Crippen molar-refractivity contribution in [1.29, 1.82) is 0 Å². The van der Waals surface area contributed by atoms with Gasteiger partial charge in [0.15, 0.2) is 0 Å². The lowest BCUT2D eigenvalue weighted by molar-refractivity contribution is -0.138. The van der Waals surface area contributed by atoms with Crippen molar-refractivity contribution in [2.45, 2.75) is 231 Å². The van der Waals surface area contributed by atoms with E-state index in [9.17, 15) is 86.3 Å². The Morgan fingerprint density at radius 1 is 0.257 bits per heavy atom. The lowest BCUT2D eigenvalue weighted by Crippen LogP contribution is -2.52. The predicted molar refractivity (Wildman–Crippen MR) is 560 cm³/mol. The van der Waals surface area contributed by atoms with Gasteiger partial charge in [0, 0.05) is 207 Å². The Bertz CT molecular complexity index is 5630. The largest absolute Gasteiger partial charge is 0.371 e. The molecule has 18 aliphatic heterocycles. The maximum atomic E-state index is 12.7. The van der Waals surface area contributed by atoms with Crippen molar-refractivity contribution in [3.63, 3.8) is 0 Å². The number of hydrogen-bond acceptors (Lipinski definition) is 26. The van der Waals surface area contributed by atoms with Crippen LogP contribution in [0.3, 0.4) is 0 Å². The minimum atomic E-state index is -0.564. The fourth-order valence-electron chi connectivity index (χ4n) is 22.1. The Balaban J connectivity index is 0.000000130. The number of piperidine rings is 6. The van der Waals surface area contributed by atoms with Gasteiger partial charge in [0.1, 0.15) is 36.3 Å². The van der Waals surface area contributed by atoms with Crippen LogP contribution in [0.2, 0.25) is 0 Å². The number of imide groups is 6. The Labute approximate surface area is 887 Å². The molecule has 12 atom stereocenters. The number of rotatable bonds is 10. The van der Waals surface area contributed by atoms with E-state index in [0.29, 0.717) is 123 Å². The van der Waals surface area contributed by atoms with Gasteiger partial charge in [0.2, 0.25) is 70.9 Å². The number of nitrogens with zero attached hydrogens (tertiary/aromatic N) is 10. The number of benzene rings is 6. The minimum absolute atomic E-state index is 0. The summed E-state index contributed by atoms with van der Waals surface area (Å²) in [6, 6.07) is 31.5. The van der Waals surface area contributed by atoms with Gasteiger partial charge in [0.05, 0.1) is 0 Å². The molecule has 0 aromatic heterocycles. The van der Waals surface area contributed by atoms with E-state index in [2.05, 4.69) is 134 Å². The van der Waals surface area contributed by atoms with Gasteiger partial charge in [-0.05, 0) is 269 Å². The van der Waals surface area contributed by atoms with E-state index in [1.165, 1.54) is 51.9 Å². The summed E-state index contributed by atoms with van der Waals surface area (Å²) in [5.74, 6) is -1.34. The predicted octanol–water partition coefficient (Wildman–Crippen LogP) is 7.05. The number of nitrogens with one attached hydrogen (secondary N) is 8. The molecule has 148 heavy (non-hydrogen) atoms. The van der Waals surface area contributed by atoms with Gasteiger partial charge in [0.25, 0.3) is 35.4 Å². The fourth-order valence-corrected chi connectivity index (χ4v) is 22.9. The number of carbonyl (C=O) groups excluding carboxylic acids is 18. The topological polar surface area (TPSA) is 488 Å². The van der Waals surface area contributed by atoms with Gasteiger partial charge in [-0.15, -0.1) is 24.8 Å².